The van der Waals surface area contributed by atoms with Gasteiger partial charge in [0.05, 0.1) is 11.0 Å². The van der Waals surface area contributed by atoms with E-state index in [-0.39, 0.29) is 12.4 Å². The zero-order valence-electron chi connectivity index (χ0n) is 11.5. The van der Waals surface area contributed by atoms with Crippen LogP contribution in [0.4, 0.5) is 11.6 Å². The molecule has 1 aromatic carbocycles. The van der Waals surface area contributed by atoms with Crippen LogP contribution in [0.2, 0.25) is 0 Å². The van der Waals surface area contributed by atoms with Gasteiger partial charge in [0, 0.05) is 26.2 Å². The molecule has 0 radical (unpaired) electrons. The molecule has 0 saturated carbocycles. The minimum Gasteiger partial charge on any atom is -0.370 e. The van der Waals surface area contributed by atoms with Gasteiger partial charge in [0.2, 0.25) is 0 Å². The molecule has 0 atom stereocenters. The van der Waals surface area contributed by atoms with Gasteiger partial charge in [0.25, 0.3) is 0 Å². The Morgan fingerprint density at radius 3 is 2.35 bits per heavy atom. The molecule has 0 unspecified atom stereocenters. The van der Waals surface area contributed by atoms with Crippen molar-refractivity contribution in [1.82, 2.24) is 9.97 Å². The maximum absolute atomic E-state index is 5.96. The fourth-order valence-electron chi connectivity index (χ4n) is 2.49. The zero-order valence-corrected chi connectivity index (χ0v) is 12.4. The van der Waals surface area contributed by atoms with Crippen LogP contribution in [-0.2, 0) is 0 Å². The molecule has 108 valence electrons. The van der Waals surface area contributed by atoms with Crippen LogP contribution in [-0.4, -0.2) is 36.1 Å². The van der Waals surface area contributed by atoms with Crippen molar-refractivity contribution < 1.29 is 0 Å². The maximum Gasteiger partial charge on any atom is 0.172 e. The van der Waals surface area contributed by atoms with Crippen molar-refractivity contribution in [3.63, 3.8) is 0 Å². The first-order valence-corrected chi connectivity index (χ1v) is 6.73. The smallest absolute Gasteiger partial charge is 0.172 e. The van der Waals surface area contributed by atoms with Crippen molar-refractivity contribution in [2.75, 3.05) is 30.4 Å². The van der Waals surface area contributed by atoms with Gasteiger partial charge >= 0.3 is 0 Å². The molecule has 1 aliphatic rings. The Bertz CT molecular complexity index is 581. The summed E-state index contributed by atoms with van der Waals surface area (Å²) in [6.45, 7) is 1.89. The number of nitrogens with two attached hydrogens (primary N) is 1. The predicted octanol–water partition coefficient (Wildman–Crippen LogP) is 2.02. The molecule has 3 N–H and O–H groups in total. The van der Waals surface area contributed by atoms with Gasteiger partial charge in [0.1, 0.15) is 0 Å². The third-order valence-corrected chi connectivity index (χ3v) is 3.63. The number of hydrogen-bond donors (Lipinski definition) is 2. The molecule has 0 amide bonds. The lowest BCUT2D eigenvalue weighted by atomic mass is 10.1. The van der Waals surface area contributed by atoms with Crippen LogP contribution in [0.1, 0.15) is 12.8 Å². The topological polar surface area (TPSA) is 67.1 Å². The second kappa shape index (κ2) is 6.24. The Hall–Kier alpha value is -1.59. The molecule has 0 bridgehead atoms. The molecule has 5 nitrogen and oxygen atoms in total. The van der Waals surface area contributed by atoms with Crippen molar-refractivity contribution in [1.29, 1.82) is 0 Å². The Kier molecular flexibility index (Phi) is 4.62. The summed E-state index contributed by atoms with van der Waals surface area (Å²) in [5.74, 6) is 1.78. The van der Waals surface area contributed by atoms with Crippen LogP contribution >= 0.6 is 12.4 Å². The van der Waals surface area contributed by atoms with E-state index in [4.69, 9.17) is 10.7 Å². The van der Waals surface area contributed by atoms with Gasteiger partial charge in [-0.3, -0.25) is 0 Å². The number of halogens is 1. The number of rotatable bonds is 2. The minimum absolute atomic E-state index is 0. The summed E-state index contributed by atoms with van der Waals surface area (Å²) in [6.07, 6.45) is 2.02. The summed E-state index contributed by atoms with van der Waals surface area (Å²) in [4.78, 5) is 11.7. The molecule has 1 aromatic heterocycles. The molecule has 1 aliphatic heterocycles. The molecule has 0 aliphatic carbocycles. The number of benzene rings is 1. The molecular formula is C14H20ClN5. The van der Waals surface area contributed by atoms with Crippen LogP contribution in [0.5, 0.6) is 0 Å². The number of anilines is 2. The number of hydrogen-bond acceptors (Lipinski definition) is 5. The summed E-state index contributed by atoms with van der Waals surface area (Å²) >= 11 is 0. The first-order valence-electron chi connectivity index (χ1n) is 6.73. The number of fused-ring (bicyclic) bond motifs is 1. The second-order valence-electron chi connectivity index (χ2n) is 4.96. The van der Waals surface area contributed by atoms with E-state index in [0.29, 0.717) is 6.04 Å². The summed E-state index contributed by atoms with van der Waals surface area (Å²) < 4.78 is 0. The van der Waals surface area contributed by atoms with E-state index in [0.717, 1.165) is 48.6 Å². The predicted molar refractivity (Wildman–Crippen MR) is 85.8 cm³/mol. The first kappa shape index (κ1) is 14.8. The number of nitrogens with one attached hydrogen (secondary N) is 1. The average Bonchev–Trinajstić information content (AvgIpc) is 2.46. The van der Waals surface area contributed by atoms with Gasteiger partial charge < -0.3 is 16.0 Å². The largest absolute Gasteiger partial charge is 0.370 e. The summed E-state index contributed by atoms with van der Waals surface area (Å²) in [6, 6.07) is 8.28. The highest BCUT2D eigenvalue weighted by Gasteiger charge is 2.20. The molecule has 3 rings (SSSR count). The molecule has 2 aromatic rings. The van der Waals surface area contributed by atoms with Crippen LogP contribution in [0.25, 0.3) is 11.0 Å². The monoisotopic (exact) mass is 293 g/mol. The van der Waals surface area contributed by atoms with Gasteiger partial charge in [-0.2, -0.15) is 0 Å². The fraction of sp³-hybridized carbons (Fsp3) is 0.429. The van der Waals surface area contributed by atoms with E-state index < -0.39 is 0 Å². The van der Waals surface area contributed by atoms with Crippen molar-refractivity contribution in [2.45, 2.75) is 18.9 Å². The summed E-state index contributed by atoms with van der Waals surface area (Å²) in [5, 5.41) is 3.15. The lowest BCUT2D eigenvalue weighted by Crippen LogP contribution is -2.40. The van der Waals surface area contributed by atoms with Gasteiger partial charge in [-0.05, 0) is 25.0 Å². The Balaban J connectivity index is 0.00000147. The third kappa shape index (κ3) is 2.78. The first-order chi connectivity index (χ1) is 9.28. The van der Waals surface area contributed by atoms with Crippen molar-refractivity contribution in [2.24, 2.45) is 5.73 Å². The highest BCUT2D eigenvalue weighted by atomic mass is 35.5. The number of para-hydroxylation sites is 2. The number of piperidine rings is 1. The van der Waals surface area contributed by atoms with Crippen LogP contribution in [0.3, 0.4) is 0 Å². The van der Waals surface area contributed by atoms with Crippen LogP contribution < -0.4 is 16.0 Å². The van der Waals surface area contributed by atoms with Crippen molar-refractivity contribution in [3.8, 4) is 0 Å². The maximum atomic E-state index is 5.96. The Labute approximate surface area is 125 Å². The zero-order chi connectivity index (χ0) is 13.2. The molecule has 20 heavy (non-hydrogen) atoms. The molecule has 6 heteroatoms. The SMILES string of the molecule is CNc1nc2ccccc2nc1N1CCC(N)CC1.Cl. The quantitative estimate of drug-likeness (QED) is 0.887. The van der Waals surface area contributed by atoms with Gasteiger partial charge in [0.15, 0.2) is 11.6 Å². The molecule has 1 saturated heterocycles. The normalized spacial score (nSPS) is 16.0. The van der Waals surface area contributed by atoms with Crippen molar-refractivity contribution >= 4 is 35.1 Å². The lowest BCUT2D eigenvalue weighted by Gasteiger charge is -2.31. The van der Waals surface area contributed by atoms with E-state index in [2.05, 4.69) is 15.2 Å². The number of nitrogens with zero attached hydrogens (tertiary/aromatic N) is 3. The Morgan fingerprint density at radius 2 is 1.75 bits per heavy atom. The lowest BCUT2D eigenvalue weighted by molar-refractivity contribution is 0.499. The van der Waals surface area contributed by atoms with Crippen LogP contribution in [0.15, 0.2) is 24.3 Å². The average molecular weight is 294 g/mol. The van der Waals surface area contributed by atoms with E-state index in [9.17, 15) is 0 Å². The molecule has 1 fully saturated rings. The summed E-state index contributed by atoms with van der Waals surface area (Å²) in [5.41, 5.74) is 7.81. The van der Waals surface area contributed by atoms with Crippen LogP contribution in [0, 0.1) is 0 Å². The second-order valence-corrected chi connectivity index (χ2v) is 4.96. The van der Waals surface area contributed by atoms with Gasteiger partial charge in [-0.15, -0.1) is 12.4 Å². The van der Waals surface area contributed by atoms with E-state index >= 15 is 0 Å². The summed E-state index contributed by atoms with van der Waals surface area (Å²) in [7, 11) is 1.89. The fourth-order valence-corrected chi connectivity index (χ4v) is 2.49. The van der Waals surface area contributed by atoms with Crippen molar-refractivity contribution in [3.05, 3.63) is 24.3 Å². The minimum atomic E-state index is 0. The van der Waals surface area contributed by atoms with E-state index in [1.165, 1.54) is 0 Å². The molecule has 2 heterocycles. The van der Waals surface area contributed by atoms with E-state index in [1.807, 2.05) is 31.3 Å². The highest BCUT2D eigenvalue weighted by molar-refractivity contribution is 5.85. The number of aromatic nitrogens is 2. The Morgan fingerprint density at radius 1 is 1.15 bits per heavy atom. The van der Waals surface area contributed by atoms with Gasteiger partial charge in [-0.25, -0.2) is 9.97 Å². The van der Waals surface area contributed by atoms with E-state index in [1.54, 1.807) is 0 Å². The standard InChI is InChI=1S/C14H19N5.ClH/c1-16-13-14(19-8-6-10(15)7-9-19)18-12-5-3-2-4-11(12)17-13;/h2-5,10H,6-9,15H2,1H3,(H,16,17);1H. The highest BCUT2D eigenvalue weighted by Crippen LogP contribution is 2.26. The third-order valence-electron chi connectivity index (χ3n) is 3.63. The molecule has 0 spiro atoms. The molecular weight excluding hydrogens is 274 g/mol. The van der Waals surface area contributed by atoms with Gasteiger partial charge in [-0.1, -0.05) is 12.1 Å².